The molecule has 4 rings (SSSR count). The normalized spacial score (nSPS) is 25.6. The maximum Gasteiger partial charge on any atom is 0.253 e. The first-order chi connectivity index (χ1) is 17.6. The third kappa shape index (κ3) is 5.90. The highest BCUT2D eigenvalue weighted by molar-refractivity contribution is 7.89. The molecule has 202 valence electrons. The molecule has 3 saturated heterocycles. The minimum absolute atomic E-state index is 0.0197. The molecule has 2 unspecified atom stereocenters. The fourth-order valence-electron chi connectivity index (χ4n) is 5.84. The molecule has 0 spiro atoms. The highest BCUT2D eigenvalue weighted by atomic mass is 32.2. The largest absolute Gasteiger partial charge is 0.349 e. The second kappa shape index (κ2) is 11.3. The van der Waals surface area contributed by atoms with Crippen LogP contribution < -0.4 is 5.32 Å². The van der Waals surface area contributed by atoms with E-state index in [0.717, 1.165) is 25.9 Å². The fraction of sp³-hybridized carbons (Fsp3) is 0.593. The molecule has 10 heteroatoms. The lowest BCUT2D eigenvalue weighted by Gasteiger charge is -2.40. The first-order valence-corrected chi connectivity index (χ1v) is 14.7. The topological polar surface area (TPSA) is 107 Å². The Hall–Kier alpha value is -2.72. The molecule has 1 aromatic carbocycles. The summed E-state index contributed by atoms with van der Waals surface area (Å²) in [7, 11) is -3.74. The molecule has 0 aromatic heterocycles. The quantitative estimate of drug-likeness (QED) is 0.567. The van der Waals surface area contributed by atoms with E-state index in [9.17, 15) is 22.8 Å². The molecule has 3 amide bonds. The number of nitrogens with zero attached hydrogens (tertiary/aromatic N) is 3. The van der Waals surface area contributed by atoms with Gasteiger partial charge in [0.2, 0.25) is 21.8 Å². The molecule has 0 aliphatic carbocycles. The van der Waals surface area contributed by atoms with Gasteiger partial charge in [-0.25, -0.2) is 8.42 Å². The van der Waals surface area contributed by atoms with Crippen LogP contribution in [0.15, 0.2) is 41.8 Å². The Morgan fingerprint density at radius 1 is 0.919 bits per heavy atom. The number of hydrogen-bond acceptors (Lipinski definition) is 5. The molecule has 2 atom stereocenters. The third-order valence-corrected chi connectivity index (χ3v) is 9.84. The van der Waals surface area contributed by atoms with Gasteiger partial charge in [0.05, 0.1) is 4.90 Å². The Bertz CT molecular complexity index is 1110. The molecule has 3 heterocycles. The van der Waals surface area contributed by atoms with E-state index in [1.165, 1.54) is 22.5 Å². The zero-order valence-electron chi connectivity index (χ0n) is 21.8. The first-order valence-electron chi connectivity index (χ1n) is 13.2. The van der Waals surface area contributed by atoms with Crippen LogP contribution in [0.4, 0.5) is 0 Å². The molecule has 0 bridgehead atoms. The molecule has 37 heavy (non-hydrogen) atoms. The molecule has 0 saturated carbocycles. The Morgan fingerprint density at radius 3 is 2.03 bits per heavy atom. The van der Waals surface area contributed by atoms with E-state index in [4.69, 9.17) is 0 Å². The van der Waals surface area contributed by atoms with Gasteiger partial charge in [-0.2, -0.15) is 4.31 Å². The van der Waals surface area contributed by atoms with Gasteiger partial charge in [-0.15, -0.1) is 0 Å². The molecular formula is C27H38N4O5S. The summed E-state index contributed by atoms with van der Waals surface area (Å²) in [5.74, 6) is -0.338. The zero-order valence-corrected chi connectivity index (χ0v) is 22.6. The molecule has 0 radical (unpaired) electrons. The van der Waals surface area contributed by atoms with Crippen LogP contribution in [0.25, 0.3) is 0 Å². The van der Waals surface area contributed by atoms with Crippen molar-refractivity contribution >= 4 is 27.7 Å². The maximum atomic E-state index is 13.3. The Kier molecular flexibility index (Phi) is 8.38. The summed E-state index contributed by atoms with van der Waals surface area (Å²) in [6, 6.07) is 5.99. The van der Waals surface area contributed by atoms with E-state index in [-0.39, 0.29) is 46.4 Å². The van der Waals surface area contributed by atoms with Crippen LogP contribution in [0, 0.1) is 17.8 Å². The zero-order chi connectivity index (χ0) is 26.7. The molecule has 1 aromatic rings. The number of likely N-dealkylation sites (tertiary alicyclic amines) is 2. The summed E-state index contributed by atoms with van der Waals surface area (Å²) >= 11 is 0. The van der Waals surface area contributed by atoms with Crippen molar-refractivity contribution in [2.45, 2.75) is 50.5 Å². The lowest BCUT2D eigenvalue weighted by molar-refractivity contribution is -0.135. The smallest absolute Gasteiger partial charge is 0.253 e. The van der Waals surface area contributed by atoms with Crippen molar-refractivity contribution in [3.8, 4) is 0 Å². The van der Waals surface area contributed by atoms with E-state index < -0.39 is 10.0 Å². The molecule has 1 N–H and O–H groups in total. The van der Waals surface area contributed by atoms with Gasteiger partial charge in [0.1, 0.15) is 0 Å². The average molecular weight is 531 g/mol. The van der Waals surface area contributed by atoms with Crippen molar-refractivity contribution in [2.24, 2.45) is 17.8 Å². The number of hydrogen-bond donors (Lipinski definition) is 1. The summed E-state index contributed by atoms with van der Waals surface area (Å²) < 4.78 is 28.1. The van der Waals surface area contributed by atoms with Gasteiger partial charge in [-0.1, -0.05) is 20.4 Å². The molecule has 3 aliphatic heterocycles. The monoisotopic (exact) mass is 530 g/mol. The van der Waals surface area contributed by atoms with Crippen molar-refractivity contribution < 1.29 is 22.8 Å². The van der Waals surface area contributed by atoms with Crippen molar-refractivity contribution in [3.63, 3.8) is 0 Å². The van der Waals surface area contributed by atoms with Crippen LogP contribution in [0.1, 0.15) is 49.9 Å². The van der Waals surface area contributed by atoms with Crippen LogP contribution in [-0.2, 0) is 19.6 Å². The molecular weight excluding hydrogens is 492 g/mol. The van der Waals surface area contributed by atoms with E-state index in [0.29, 0.717) is 44.6 Å². The van der Waals surface area contributed by atoms with Gasteiger partial charge in [-0.3, -0.25) is 14.4 Å². The first kappa shape index (κ1) is 27.3. The molecule has 3 aliphatic rings. The number of rotatable bonds is 6. The van der Waals surface area contributed by atoms with Crippen molar-refractivity contribution in [3.05, 3.63) is 42.5 Å². The Labute approximate surface area is 219 Å². The summed E-state index contributed by atoms with van der Waals surface area (Å²) in [5, 5.41) is 2.91. The third-order valence-electron chi connectivity index (χ3n) is 7.99. The Balaban J connectivity index is 1.36. The lowest BCUT2D eigenvalue weighted by atomic mass is 9.87. The fourth-order valence-corrected chi connectivity index (χ4v) is 7.48. The maximum absolute atomic E-state index is 13.3. The number of sulfonamides is 1. The highest BCUT2D eigenvalue weighted by Gasteiger charge is 2.38. The van der Waals surface area contributed by atoms with E-state index in [1.807, 2.05) is 18.7 Å². The standard InChI is InChI=1S/C27H38N4O5S/c1-4-24(32)28-25-19(2)17-31(18-20(25)3)37(35,36)23-9-7-21(8-10-23)26(33)30-15-11-22(12-16-30)27(34)29-13-5-6-14-29/h4,7-10,19-20,22,25H,1,5-6,11-18H2,2-3H3,(H,28,32). The minimum Gasteiger partial charge on any atom is -0.349 e. The second-order valence-corrected chi connectivity index (χ2v) is 12.6. The van der Waals surface area contributed by atoms with Gasteiger partial charge in [0.15, 0.2) is 0 Å². The van der Waals surface area contributed by atoms with E-state index >= 15 is 0 Å². The molecule has 9 nitrogen and oxygen atoms in total. The van der Waals surface area contributed by atoms with Gasteiger partial charge < -0.3 is 15.1 Å². The summed E-state index contributed by atoms with van der Waals surface area (Å²) in [6.45, 7) is 10.7. The van der Waals surface area contributed by atoms with Crippen LogP contribution in [0.3, 0.4) is 0 Å². The number of carbonyl (C=O) groups is 3. The van der Waals surface area contributed by atoms with Gasteiger partial charge in [-0.05, 0) is 67.9 Å². The number of nitrogens with one attached hydrogen (secondary N) is 1. The molecule has 3 fully saturated rings. The average Bonchev–Trinajstić information content (AvgIpc) is 3.45. The van der Waals surface area contributed by atoms with Crippen LogP contribution >= 0.6 is 0 Å². The van der Waals surface area contributed by atoms with Gasteiger partial charge in [0.25, 0.3) is 5.91 Å². The highest BCUT2D eigenvalue weighted by Crippen LogP contribution is 2.28. The van der Waals surface area contributed by atoms with Gasteiger partial charge >= 0.3 is 0 Å². The number of benzene rings is 1. The van der Waals surface area contributed by atoms with Crippen LogP contribution in [-0.4, -0.2) is 85.6 Å². The summed E-state index contributed by atoms with van der Waals surface area (Å²) in [6.07, 6.45) is 4.68. The predicted octanol–water partition coefficient (Wildman–Crippen LogP) is 2.11. The number of amides is 3. The van der Waals surface area contributed by atoms with Gasteiger partial charge in [0, 0.05) is 56.8 Å². The van der Waals surface area contributed by atoms with Crippen molar-refractivity contribution in [1.82, 2.24) is 19.4 Å². The number of carbonyl (C=O) groups excluding carboxylic acids is 3. The second-order valence-electron chi connectivity index (χ2n) is 10.6. The van der Waals surface area contributed by atoms with Crippen LogP contribution in [0.5, 0.6) is 0 Å². The van der Waals surface area contributed by atoms with Crippen LogP contribution in [0.2, 0.25) is 0 Å². The van der Waals surface area contributed by atoms with E-state index in [2.05, 4.69) is 11.9 Å². The summed E-state index contributed by atoms with van der Waals surface area (Å²) in [4.78, 5) is 41.3. The lowest BCUT2D eigenvalue weighted by Crippen LogP contribution is -2.55. The minimum atomic E-state index is -3.74. The number of piperidine rings is 2. The van der Waals surface area contributed by atoms with Crippen molar-refractivity contribution in [2.75, 3.05) is 39.3 Å². The summed E-state index contributed by atoms with van der Waals surface area (Å²) in [5.41, 5.74) is 0.441. The van der Waals surface area contributed by atoms with E-state index in [1.54, 1.807) is 17.0 Å². The predicted molar refractivity (Wildman–Crippen MR) is 140 cm³/mol. The Morgan fingerprint density at radius 2 is 1.49 bits per heavy atom. The van der Waals surface area contributed by atoms with Crippen molar-refractivity contribution in [1.29, 1.82) is 0 Å². The SMILES string of the molecule is C=CC(=O)NC1C(C)CN(S(=O)(=O)c2ccc(C(=O)N3CCC(C(=O)N4CCCC4)CC3)cc2)CC1C.